The van der Waals surface area contributed by atoms with Crippen molar-refractivity contribution in [3.63, 3.8) is 0 Å². The van der Waals surface area contributed by atoms with E-state index in [1.165, 1.54) is 17.4 Å². The van der Waals surface area contributed by atoms with Crippen LogP contribution in [0.1, 0.15) is 10.4 Å². The van der Waals surface area contributed by atoms with E-state index in [-0.39, 0.29) is 0 Å². The van der Waals surface area contributed by atoms with E-state index in [0.29, 0.717) is 4.88 Å². The average Bonchev–Trinajstić information content (AvgIpc) is 2.48. The highest BCUT2D eigenvalue weighted by Gasteiger charge is 1.94. The first kappa shape index (κ1) is 8.50. The van der Waals surface area contributed by atoms with Crippen molar-refractivity contribution in [1.82, 2.24) is 0 Å². The summed E-state index contributed by atoms with van der Waals surface area (Å²) in [7, 11) is 0. The Hall–Kier alpha value is -1.60. The first-order valence-corrected chi connectivity index (χ1v) is 4.06. The van der Waals surface area contributed by atoms with Crippen molar-refractivity contribution in [1.29, 1.82) is 5.26 Å². The van der Waals surface area contributed by atoms with Gasteiger partial charge in [0.25, 0.3) is 0 Å². The lowest BCUT2D eigenvalue weighted by Crippen LogP contribution is -2.04. The third-order valence-corrected chi connectivity index (χ3v) is 2.02. The Kier molecular flexibility index (Phi) is 2.62. The van der Waals surface area contributed by atoms with E-state index in [1.807, 2.05) is 6.07 Å². The van der Waals surface area contributed by atoms with Crippen molar-refractivity contribution in [3.8, 4) is 6.07 Å². The predicted molar refractivity (Wildman–Crippen MR) is 47.3 cm³/mol. The van der Waals surface area contributed by atoms with E-state index >= 15 is 0 Å². The number of primary amides is 1. The average molecular weight is 178 g/mol. The normalized spacial score (nSPS) is 9.92. The fourth-order valence-electron chi connectivity index (χ4n) is 0.675. The fourth-order valence-corrected chi connectivity index (χ4v) is 1.34. The molecule has 60 valence electrons. The molecule has 0 unspecified atom stereocenters. The Morgan fingerprint density at radius 2 is 2.50 bits per heavy atom. The van der Waals surface area contributed by atoms with E-state index in [1.54, 1.807) is 17.5 Å². The molecule has 0 aliphatic rings. The number of carbonyl (C=O) groups excluding carboxylic acids is 1. The van der Waals surface area contributed by atoms with Gasteiger partial charge in [-0.05, 0) is 23.1 Å². The van der Waals surface area contributed by atoms with Crippen molar-refractivity contribution >= 4 is 23.3 Å². The van der Waals surface area contributed by atoms with Gasteiger partial charge in [0, 0.05) is 6.08 Å². The molecule has 1 aromatic heterocycles. The molecule has 0 spiro atoms. The molecule has 1 rings (SSSR count). The second-order valence-corrected chi connectivity index (χ2v) is 3.00. The summed E-state index contributed by atoms with van der Waals surface area (Å²) in [6, 6.07) is 3.70. The molecular weight excluding hydrogens is 172 g/mol. The fraction of sp³-hybridized carbons (Fsp3) is 0. The molecule has 0 aliphatic carbocycles. The van der Waals surface area contributed by atoms with Crippen LogP contribution in [0.4, 0.5) is 0 Å². The van der Waals surface area contributed by atoms with Gasteiger partial charge in [0.2, 0.25) is 5.91 Å². The van der Waals surface area contributed by atoms with Crippen molar-refractivity contribution in [2.45, 2.75) is 0 Å². The van der Waals surface area contributed by atoms with Crippen LogP contribution in [0.25, 0.3) is 6.08 Å². The molecule has 0 saturated carbocycles. The zero-order valence-corrected chi connectivity index (χ0v) is 6.97. The number of rotatable bonds is 2. The van der Waals surface area contributed by atoms with E-state index in [0.717, 1.165) is 5.56 Å². The molecule has 0 aromatic carbocycles. The monoisotopic (exact) mass is 178 g/mol. The molecule has 12 heavy (non-hydrogen) atoms. The van der Waals surface area contributed by atoms with Gasteiger partial charge in [-0.1, -0.05) is 0 Å². The Bertz CT molecular complexity index is 359. The van der Waals surface area contributed by atoms with Crippen molar-refractivity contribution < 1.29 is 4.79 Å². The van der Waals surface area contributed by atoms with Crippen LogP contribution in [0.15, 0.2) is 17.5 Å². The zero-order valence-electron chi connectivity index (χ0n) is 6.15. The van der Waals surface area contributed by atoms with Gasteiger partial charge in [0.1, 0.15) is 10.9 Å². The second kappa shape index (κ2) is 3.69. The second-order valence-electron chi connectivity index (χ2n) is 2.09. The Labute approximate surface area is 73.7 Å². The first-order valence-electron chi connectivity index (χ1n) is 3.18. The van der Waals surface area contributed by atoms with Crippen LogP contribution in [0.5, 0.6) is 0 Å². The lowest BCUT2D eigenvalue weighted by atomic mass is 10.3. The van der Waals surface area contributed by atoms with Gasteiger partial charge >= 0.3 is 0 Å². The molecule has 0 aliphatic heterocycles. The summed E-state index contributed by atoms with van der Waals surface area (Å²) in [6.07, 6.45) is 2.85. The number of nitrogens with zero attached hydrogens (tertiary/aromatic N) is 1. The maximum atomic E-state index is 10.3. The van der Waals surface area contributed by atoms with Crippen molar-refractivity contribution in [2.75, 3.05) is 0 Å². The van der Waals surface area contributed by atoms with Crippen molar-refractivity contribution in [3.05, 3.63) is 28.0 Å². The molecule has 3 nitrogen and oxygen atoms in total. The van der Waals surface area contributed by atoms with Gasteiger partial charge in [0.05, 0.1) is 0 Å². The lowest BCUT2D eigenvalue weighted by molar-refractivity contribution is -0.113. The SMILES string of the molecule is N#Cc1cc(C=CC(N)=O)cs1. The smallest absolute Gasteiger partial charge is 0.241 e. The van der Waals surface area contributed by atoms with E-state index in [9.17, 15) is 4.79 Å². The van der Waals surface area contributed by atoms with Crippen LogP contribution in [0.2, 0.25) is 0 Å². The minimum Gasteiger partial charge on any atom is -0.366 e. The van der Waals surface area contributed by atoms with Crippen LogP contribution in [-0.4, -0.2) is 5.91 Å². The highest BCUT2D eigenvalue weighted by atomic mass is 32.1. The Morgan fingerprint density at radius 3 is 3.00 bits per heavy atom. The molecule has 2 N–H and O–H groups in total. The molecule has 4 heteroatoms. The van der Waals surface area contributed by atoms with Crippen LogP contribution in [-0.2, 0) is 4.79 Å². The standard InChI is InChI=1S/C8H6N2OS/c9-4-7-3-6(5-12-7)1-2-8(10)11/h1-3,5H,(H2,10,11). The van der Waals surface area contributed by atoms with Crippen molar-refractivity contribution in [2.24, 2.45) is 5.73 Å². The summed E-state index contributed by atoms with van der Waals surface area (Å²) >= 11 is 1.34. The lowest BCUT2D eigenvalue weighted by Gasteiger charge is -1.80. The maximum Gasteiger partial charge on any atom is 0.241 e. The molecule has 0 atom stereocenters. The Morgan fingerprint density at radius 1 is 1.75 bits per heavy atom. The summed E-state index contributed by atoms with van der Waals surface area (Å²) in [5.41, 5.74) is 5.72. The first-order chi connectivity index (χ1) is 5.72. The molecule has 0 fully saturated rings. The molecule has 1 aromatic rings. The van der Waals surface area contributed by atoms with Crippen LogP contribution in [0, 0.1) is 11.3 Å². The van der Waals surface area contributed by atoms with E-state index in [4.69, 9.17) is 11.0 Å². The number of nitrogens with two attached hydrogens (primary N) is 1. The highest BCUT2D eigenvalue weighted by Crippen LogP contribution is 2.14. The summed E-state index contributed by atoms with van der Waals surface area (Å²) in [5.74, 6) is -0.486. The molecule has 1 amide bonds. The van der Waals surface area contributed by atoms with Crippen LogP contribution in [0.3, 0.4) is 0 Å². The minimum atomic E-state index is -0.486. The van der Waals surface area contributed by atoms with E-state index in [2.05, 4.69) is 0 Å². The van der Waals surface area contributed by atoms with Gasteiger partial charge in [-0.25, -0.2) is 0 Å². The van der Waals surface area contributed by atoms with E-state index < -0.39 is 5.91 Å². The minimum absolute atomic E-state index is 0.486. The largest absolute Gasteiger partial charge is 0.366 e. The topological polar surface area (TPSA) is 66.9 Å². The summed E-state index contributed by atoms with van der Waals surface area (Å²) in [5, 5.41) is 10.3. The van der Waals surface area contributed by atoms with Gasteiger partial charge in [-0.2, -0.15) is 5.26 Å². The maximum absolute atomic E-state index is 10.3. The highest BCUT2D eigenvalue weighted by molar-refractivity contribution is 7.10. The number of nitriles is 1. The summed E-state index contributed by atoms with van der Waals surface area (Å²) in [6.45, 7) is 0. The number of amides is 1. The molecule has 0 bridgehead atoms. The van der Waals surface area contributed by atoms with Gasteiger partial charge in [0.15, 0.2) is 0 Å². The summed E-state index contributed by atoms with van der Waals surface area (Å²) in [4.78, 5) is 10.9. The Balaban J connectivity index is 2.78. The number of thiophene rings is 1. The molecular formula is C8H6N2OS. The third-order valence-electron chi connectivity index (χ3n) is 1.17. The quantitative estimate of drug-likeness (QED) is 0.689. The zero-order chi connectivity index (χ0) is 8.97. The third kappa shape index (κ3) is 2.22. The molecule has 1 heterocycles. The van der Waals surface area contributed by atoms with Crippen LogP contribution < -0.4 is 5.73 Å². The number of hydrogen-bond acceptors (Lipinski definition) is 3. The summed E-state index contributed by atoms with van der Waals surface area (Å²) < 4.78 is 0. The number of carbonyl (C=O) groups is 1. The van der Waals surface area contributed by atoms with Gasteiger partial charge in [-0.3, -0.25) is 4.79 Å². The van der Waals surface area contributed by atoms with Gasteiger partial charge in [-0.15, -0.1) is 11.3 Å². The molecule has 0 radical (unpaired) electrons. The van der Waals surface area contributed by atoms with Gasteiger partial charge < -0.3 is 5.73 Å². The predicted octanol–water partition coefficient (Wildman–Crippen LogP) is 1.12. The number of hydrogen-bond donors (Lipinski definition) is 1. The van der Waals surface area contributed by atoms with Crippen LogP contribution >= 0.6 is 11.3 Å². The molecule has 0 saturated heterocycles.